The smallest absolute Gasteiger partial charge is 0.295 e. The number of nitrogens with one attached hydrogen (secondary N) is 1. The number of aromatic nitrogens is 4. The lowest BCUT2D eigenvalue weighted by molar-refractivity contribution is 0.609. The molecule has 0 unspecified atom stereocenters. The summed E-state index contributed by atoms with van der Waals surface area (Å²) in [5, 5.41) is 11.5. The van der Waals surface area contributed by atoms with Crippen molar-refractivity contribution in [3.63, 3.8) is 0 Å². The number of nitrogens with zero attached hydrogens (tertiary/aromatic N) is 3. The van der Waals surface area contributed by atoms with Crippen molar-refractivity contribution >= 4 is 16.7 Å². The van der Waals surface area contributed by atoms with Gasteiger partial charge >= 0.3 is 0 Å². The van der Waals surface area contributed by atoms with Crippen molar-refractivity contribution in [1.29, 1.82) is 0 Å². The molecule has 3 N–H and O–H groups in total. The number of aromatic amines is 1. The summed E-state index contributed by atoms with van der Waals surface area (Å²) in [6, 6.07) is 0.223. The Kier molecular flexibility index (Phi) is 1.46. The lowest BCUT2D eigenvalue weighted by Crippen LogP contribution is -2.23. The average Bonchev–Trinajstić information content (AvgIpc) is 2.96. The van der Waals surface area contributed by atoms with Crippen molar-refractivity contribution in [2.45, 2.75) is 25.8 Å². The molecule has 0 amide bonds. The van der Waals surface area contributed by atoms with Gasteiger partial charge in [-0.1, -0.05) is 0 Å². The molecule has 2 aromatic heterocycles. The molecular formula is C9H11N5O. The highest BCUT2D eigenvalue weighted by Gasteiger charge is 2.27. The summed E-state index contributed by atoms with van der Waals surface area (Å²) in [7, 11) is 0. The zero-order valence-corrected chi connectivity index (χ0v) is 8.32. The third-order valence-electron chi connectivity index (χ3n) is 2.72. The maximum absolute atomic E-state index is 11.9. The normalized spacial score (nSPS) is 16.1. The fourth-order valence-electron chi connectivity index (χ4n) is 1.78. The molecule has 1 fully saturated rings. The Morgan fingerprint density at radius 1 is 1.53 bits per heavy atom. The number of hydrogen-bond acceptors (Lipinski definition) is 4. The zero-order valence-electron chi connectivity index (χ0n) is 8.32. The van der Waals surface area contributed by atoms with Crippen molar-refractivity contribution in [3.05, 3.63) is 16.0 Å². The third kappa shape index (κ3) is 1.07. The van der Waals surface area contributed by atoms with Crippen LogP contribution < -0.4 is 11.3 Å². The molecule has 0 radical (unpaired) electrons. The van der Waals surface area contributed by atoms with Gasteiger partial charge in [-0.25, -0.2) is 4.68 Å². The van der Waals surface area contributed by atoms with Gasteiger partial charge in [0.1, 0.15) is 0 Å². The Hall–Kier alpha value is -1.85. The van der Waals surface area contributed by atoms with Gasteiger partial charge in [0, 0.05) is 5.69 Å². The van der Waals surface area contributed by atoms with Gasteiger partial charge < -0.3 is 5.73 Å². The molecular weight excluding hydrogens is 194 g/mol. The fraction of sp³-hybridized carbons (Fsp3) is 0.444. The number of nitrogens with two attached hydrogens (primary N) is 1. The van der Waals surface area contributed by atoms with Crippen LogP contribution in [0, 0.1) is 6.92 Å². The summed E-state index contributed by atoms with van der Waals surface area (Å²) in [4.78, 5) is 11.9. The van der Waals surface area contributed by atoms with Gasteiger partial charge in [0.05, 0.1) is 11.4 Å². The SMILES string of the molecule is Cc1[nH]nc2c(=O)n(C3CC3)nc(N)c12. The summed E-state index contributed by atoms with van der Waals surface area (Å²) >= 11 is 0. The molecule has 0 bridgehead atoms. The number of nitrogen functional groups attached to an aromatic ring is 1. The summed E-state index contributed by atoms with van der Waals surface area (Å²) in [6.07, 6.45) is 2.00. The van der Waals surface area contributed by atoms with Gasteiger partial charge in [-0.05, 0) is 19.8 Å². The van der Waals surface area contributed by atoms with Crippen molar-refractivity contribution < 1.29 is 0 Å². The van der Waals surface area contributed by atoms with E-state index < -0.39 is 0 Å². The van der Waals surface area contributed by atoms with Crippen molar-refractivity contribution in [2.24, 2.45) is 0 Å². The molecule has 2 heterocycles. The molecule has 1 aliphatic rings. The second-order valence-electron chi connectivity index (χ2n) is 3.94. The minimum absolute atomic E-state index is 0.147. The fourth-order valence-corrected chi connectivity index (χ4v) is 1.78. The first kappa shape index (κ1) is 8.46. The quantitative estimate of drug-likeness (QED) is 0.702. The van der Waals surface area contributed by atoms with Crippen LogP contribution in [0.15, 0.2) is 4.79 Å². The monoisotopic (exact) mass is 205 g/mol. The van der Waals surface area contributed by atoms with Gasteiger partial charge in [0.25, 0.3) is 5.56 Å². The van der Waals surface area contributed by atoms with E-state index in [1.54, 1.807) is 0 Å². The summed E-state index contributed by atoms with van der Waals surface area (Å²) < 4.78 is 1.46. The molecule has 3 rings (SSSR count). The first-order chi connectivity index (χ1) is 7.18. The van der Waals surface area contributed by atoms with Crippen LogP contribution in [0.1, 0.15) is 24.6 Å². The maximum atomic E-state index is 11.9. The molecule has 0 spiro atoms. The summed E-state index contributed by atoms with van der Waals surface area (Å²) in [6.45, 7) is 1.83. The molecule has 78 valence electrons. The molecule has 0 aliphatic heterocycles. The van der Waals surface area contributed by atoms with E-state index in [9.17, 15) is 4.79 Å². The number of aryl methyl sites for hydroxylation is 1. The number of hydrogen-bond donors (Lipinski definition) is 2. The number of anilines is 1. The lowest BCUT2D eigenvalue weighted by Gasteiger charge is -2.03. The molecule has 1 saturated carbocycles. The van der Waals surface area contributed by atoms with Crippen LogP contribution in [-0.4, -0.2) is 20.0 Å². The van der Waals surface area contributed by atoms with Crippen molar-refractivity contribution in [3.8, 4) is 0 Å². The predicted octanol–water partition coefficient (Wildman–Crippen LogP) is 0.345. The second-order valence-corrected chi connectivity index (χ2v) is 3.94. The lowest BCUT2D eigenvalue weighted by atomic mass is 10.3. The Bertz CT molecular complexity index is 592. The highest BCUT2D eigenvalue weighted by molar-refractivity contribution is 5.89. The van der Waals surface area contributed by atoms with E-state index in [-0.39, 0.29) is 11.6 Å². The standard InChI is InChI=1S/C9H11N5O/c1-4-6-7(12-11-4)9(15)14(5-2-3-5)13-8(6)10/h5H,2-3H2,1H3,(H2,10,13)(H,11,12). The predicted molar refractivity (Wildman–Crippen MR) is 55.6 cm³/mol. The van der Waals surface area contributed by atoms with E-state index in [1.807, 2.05) is 6.92 Å². The van der Waals surface area contributed by atoms with E-state index >= 15 is 0 Å². The van der Waals surface area contributed by atoms with Gasteiger partial charge in [0.2, 0.25) is 0 Å². The van der Waals surface area contributed by atoms with E-state index in [0.29, 0.717) is 16.7 Å². The largest absolute Gasteiger partial charge is 0.382 e. The first-order valence-corrected chi connectivity index (χ1v) is 4.91. The van der Waals surface area contributed by atoms with E-state index in [2.05, 4.69) is 15.3 Å². The van der Waals surface area contributed by atoms with Crippen molar-refractivity contribution in [2.75, 3.05) is 5.73 Å². The topological polar surface area (TPSA) is 89.6 Å². The third-order valence-corrected chi connectivity index (χ3v) is 2.72. The number of H-pyrrole nitrogens is 1. The van der Waals surface area contributed by atoms with E-state index in [1.165, 1.54) is 4.68 Å². The minimum atomic E-state index is -0.147. The number of fused-ring (bicyclic) bond motifs is 1. The molecule has 0 atom stereocenters. The Morgan fingerprint density at radius 2 is 2.27 bits per heavy atom. The molecule has 0 saturated heterocycles. The molecule has 1 aliphatic carbocycles. The van der Waals surface area contributed by atoms with E-state index in [0.717, 1.165) is 18.5 Å². The Balaban J connectivity index is 2.42. The van der Waals surface area contributed by atoms with Crippen LogP contribution in [-0.2, 0) is 0 Å². The van der Waals surface area contributed by atoms with Gasteiger partial charge in [0.15, 0.2) is 11.3 Å². The van der Waals surface area contributed by atoms with Crippen LogP contribution >= 0.6 is 0 Å². The molecule has 6 nitrogen and oxygen atoms in total. The Labute approximate surface area is 85.1 Å². The van der Waals surface area contributed by atoms with Crippen LogP contribution in [0.2, 0.25) is 0 Å². The average molecular weight is 205 g/mol. The minimum Gasteiger partial charge on any atom is -0.382 e. The molecule has 15 heavy (non-hydrogen) atoms. The van der Waals surface area contributed by atoms with Gasteiger partial charge in [-0.3, -0.25) is 9.89 Å². The summed E-state index contributed by atoms with van der Waals surface area (Å²) in [5.74, 6) is 0.378. The van der Waals surface area contributed by atoms with E-state index in [4.69, 9.17) is 5.73 Å². The van der Waals surface area contributed by atoms with Crippen LogP contribution in [0.3, 0.4) is 0 Å². The highest BCUT2D eigenvalue weighted by Crippen LogP contribution is 2.33. The van der Waals surface area contributed by atoms with Gasteiger partial charge in [-0.15, -0.1) is 0 Å². The van der Waals surface area contributed by atoms with Crippen LogP contribution in [0.5, 0.6) is 0 Å². The maximum Gasteiger partial charge on any atom is 0.295 e. The Morgan fingerprint density at radius 3 is 2.93 bits per heavy atom. The highest BCUT2D eigenvalue weighted by atomic mass is 16.1. The first-order valence-electron chi connectivity index (χ1n) is 4.91. The summed E-state index contributed by atoms with van der Waals surface area (Å²) in [5.41, 5.74) is 6.84. The number of rotatable bonds is 1. The van der Waals surface area contributed by atoms with Crippen LogP contribution in [0.4, 0.5) is 5.82 Å². The second kappa shape index (κ2) is 2.59. The van der Waals surface area contributed by atoms with Crippen molar-refractivity contribution in [1.82, 2.24) is 20.0 Å². The molecule has 2 aromatic rings. The zero-order chi connectivity index (χ0) is 10.6. The molecule has 6 heteroatoms. The van der Waals surface area contributed by atoms with Crippen LogP contribution in [0.25, 0.3) is 10.9 Å². The molecule has 0 aromatic carbocycles. The van der Waals surface area contributed by atoms with Gasteiger partial charge in [-0.2, -0.15) is 10.2 Å².